The van der Waals surface area contributed by atoms with Crippen LogP contribution in [0.3, 0.4) is 0 Å². The van der Waals surface area contributed by atoms with Gasteiger partial charge in [-0.3, -0.25) is 0 Å². The summed E-state index contributed by atoms with van der Waals surface area (Å²) in [6, 6.07) is 7.51. The highest BCUT2D eigenvalue weighted by Gasteiger charge is 2.34. The smallest absolute Gasteiger partial charge is 0.400 e. The van der Waals surface area contributed by atoms with Crippen LogP contribution < -0.4 is 4.74 Å². The maximum absolute atomic E-state index is 11.0. The minimum atomic E-state index is -3.82. The van der Waals surface area contributed by atoms with Crippen molar-refractivity contribution in [3.8, 4) is 5.75 Å². The van der Waals surface area contributed by atoms with Crippen LogP contribution in [0.15, 0.2) is 24.3 Å². The molecule has 0 spiro atoms. The van der Waals surface area contributed by atoms with Gasteiger partial charge < -0.3 is 9.47 Å². The second-order valence-corrected chi connectivity index (χ2v) is 6.63. The maximum Gasteiger partial charge on any atom is 0.400 e. The number of alkyl halides is 1. The lowest BCUT2D eigenvalue weighted by Gasteiger charge is -2.14. The Hall–Kier alpha value is -0.670. The fraction of sp³-hybridized carbons (Fsp3) is 0.500. The van der Waals surface area contributed by atoms with E-state index in [1.165, 1.54) is 0 Å². The molecule has 2 atom stereocenters. The Morgan fingerprint density at radius 3 is 2.65 bits per heavy atom. The van der Waals surface area contributed by atoms with Gasteiger partial charge in [-0.15, -0.1) is 0 Å². The Kier molecular flexibility index (Phi) is 5.39. The molecule has 20 heavy (non-hydrogen) atoms. The third-order valence-corrected chi connectivity index (χ3v) is 4.49. The van der Waals surface area contributed by atoms with Crippen LogP contribution in [-0.2, 0) is 30.1 Å². The lowest BCUT2D eigenvalue weighted by atomic mass is 10.2. The molecule has 0 saturated carbocycles. The van der Waals surface area contributed by atoms with Crippen LogP contribution in [0.1, 0.15) is 5.56 Å². The summed E-state index contributed by atoms with van der Waals surface area (Å²) < 4.78 is 41.8. The third-order valence-electron chi connectivity index (χ3n) is 2.73. The predicted octanol–water partition coefficient (Wildman–Crippen LogP) is 1.64. The summed E-state index contributed by atoms with van der Waals surface area (Å²) in [6.07, 6.45) is -0.559. The SMILES string of the molecule is COc1ccc(COC[C@H](Br)[C@@H]2COS(=O)(=O)O2)cc1. The molecule has 0 radical (unpaired) electrons. The highest BCUT2D eigenvalue weighted by atomic mass is 79.9. The summed E-state index contributed by atoms with van der Waals surface area (Å²) >= 11 is 3.34. The molecule has 6 nitrogen and oxygen atoms in total. The first-order valence-electron chi connectivity index (χ1n) is 5.92. The van der Waals surface area contributed by atoms with Gasteiger partial charge in [-0.05, 0) is 17.7 Å². The van der Waals surface area contributed by atoms with Gasteiger partial charge in [0.25, 0.3) is 0 Å². The van der Waals surface area contributed by atoms with E-state index in [0.717, 1.165) is 11.3 Å². The standard InChI is InChI=1S/C12H15BrO6S/c1-16-10-4-2-9(3-5-10)6-17-7-11(13)12-8-18-20(14,15)19-12/h2-5,11-12H,6-8H2,1H3/t11-,12-/m0/s1. The molecule has 1 saturated heterocycles. The van der Waals surface area contributed by atoms with Crippen molar-refractivity contribution in [2.24, 2.45) is 0 Å². The number of hydrogen-bond acceptors (Lipinski definition) is 6. The molecule has 1 fully saturated rings. The van der Waals surface area contributed by atoms with Gasteiger partial charge in [0, 0.05) is 0 Å². The Morgan fingerprint density at radius 1 is 1.40 bits per heavy atom. The van der Waals surface area contributed by atoms with Crippen molar-refractivity contribution in [2.45, 2.75) is 17.5 Å². The topological polar surface area (TPSA) is 71.1 Å². The fourth-order valence-electron chi connectivity index (χ4n) is 1.64. The predicted molar refractivity (Wildman–Crippen MR) is 75.1 cm³/mol. The Balaban J connectivity index is 1.75. The summed E-state index contributed by atoms with van der Waals surface area (Å²) in [7, 11) is -2.22. The van der Waals surface area contributed by atoms with E-state index in [1.807, 2.05) is 24.3 Å². The first kappa shape index (κ1) is 15.7. The zero-order valence-electron chi connectivity index (χ0n) is 10.8. The monoisotopic (exact) mass is 366 g/mol. The number of hydrogen-bond donors (Lipinski definition) is 0. The summed E-state index contributed by atoms with van der Waals surface area (Å²) in [6.45, 7) is 0.742. The van der Waals surface area contributed by atoms with Gasteiger partial charge in [-0.25, -0.2) is 8.37 Å². The molecule has 8 heteroatoms. The fourth-order valence-corrected chi connectivity index (χ4v) is 3.08. The molecule has 0 amide bonds. The lowest BCUT2D eigenvalue weighted by Crippen LogP contribution is -2.27. The summed E-state index contributed by atoms with van der Waals surface area (Å²) in [5, 5.41) is 0. The molecule has 2 rings (SSSR count). The van der Waals surface area contributed by atoms with Crippen molar-refractivity contribution in [3.05, 3.63) is 29.8 Å². The molecule has 0 aromatic heterocycles. The van der Waals surface area contributed by atoms with Crippen molar-refractivity contribution in [3.63, 3.8) is 0 Å². The van der Waals surface area contributed by atoms with Gasteiger partial charge >= 0.3 is 10.4 Å². The molecule has 1 aromatic rings. The average Bonchev–Trinajstić information content (AvgIpc) is 2.80. The number of benzene rings is 1. The summed E-state index contributed by atoms with van der Waals surface area (Å²) in [4.78, 5) is -0.252. The highest BCUT2D eigenvalue weighted by Crippen LogP contribution is 2.21. The molecule has 112 valence electrons. The minimum absolute atomic E-state index is 0.00411. The second kappa shape index (κ2) is 6.86. The normalized spacial score (nSPS) is 22.6. The van der Waals surface area contributed by atoms with Crippen molar-refractivity contribution >= 4 is 26.3 Å². The van der Waals surface area contributed by atoms with Crippen molar-refractivity contribution < 1.29 is 26.3 Å². The molecule has 1 aromatic carbocycles. The van der Waals surface area contributed by atoms with Crippen molar-refractivity contribution in [2.75, 3.05) is 20.3 Å². The molecule has 0 N–H and O–H groups in total. The number of ether oxygens (including phenoxy) is 2. The Bertz CT molecular complexity index is 529. The maximum atomic E-state index is 11.0. The van der Waals surface area contributed by atoms with Crippen LogP contribution in [-0.4, -0.2) is 39.7 Å². The Morgan fingerprint density at radius 2 is 2.10 bits per heavy atom. The number of rotatable bonds is 6. The molecular weight excluding hydrogens is 352 g/mol. The molecule has 1 aliphatic heterocycles. The highest BCUT2D eigenvalue weighted by molar-refractivity contribution is 9.09. The van der Waals surface area contributed by atoms with Gasteiger partial charge in [-0.1, -0.05) is 28.1 Å². The van der Waals surface area contributed by atoms with Crippen LogP contribution in [0.25, 0.3) is 0 Å². The minimum Gasteiger partial charge on any atom is -0.497 e. The molecule has 1 heterocycles. The molecular formula is C12H15BrO6S. The van der Waals surface area contributed by atoms with E-state index in [4.69, 9.17) is 13.7 Å². The first-order valence-corrected chi connectivity index (χ1v) is 8.17. The first-order chi connectivity index (χ1) is 9.50. The van der Waals surface area contributed by atoms with Crippen molar-refractivity contribution in [1.82, 2.24) is 0 Å². The van der Waals surface area contributed by atoms with E-state index < -0.39 is 16.5 Å². The number of halogens is 1. The van der Waals surface area contributed by atoms with Crippen LogP contribution in [0, 0.1) is 0 Å². The van der Waals surface area contributed by atoms with Crippen LogP contribution >= 0.6 is 15.9 Å². The van der Waals surface area contributed by atoms with Crippen LogP contribution in [0.2, 0.25) is 0 Å². The summed E-state index contributed by atoms with van der Waals surface area (Å²) in [5.74, 6) is 0.786. The van der Waals surface area contributed by atoms with Crippen molar-refractivity contribution in [1.29, 1.82) is 0 Å². The van der Waals surface area contributed by atoms with E-state index in [9.17, 15) is 8.42 Å². The van der Waals surface area contributed by atoms with E-state index >= 15 is 0 Å². The lowest BCUT2D eigenvalue weighted by molar-refractivity contribution is 0.0961. The quantitative estimate of drug-likeness (QED) is 0.712. The molecule has 1 aliphatic rings. The second-order valence-electron chi connectivity index (χ2n) is 4.21. The molecule has 0 bridgehead atoms. The zero-order chi connectivity index (χ0) is 14.6. The zero-order valence-corrected chi connectivity index (χ0v) is 13.2. The molecule has 0 unspecified atom stereocenters. The molecule has 0 aliphatic carbocycles. The largest absolute Gasteiger partial charge is 0.497 e. The van der Waals surface area contributed by atoms with Gasteiger partial charge in [0.1, 0.15) is 11.9 Å². The van der Waals surface area contributed by atoms with Gasteiger partial charge in [0.15, 0.2) is 0 Å². The van der Waals surface area contributed by atoms with E-state index in [-0.39, 0.29) is 11.4 Å². The van der Waals surface area contributed by atoms with Crippen LogP contribution in [0.4, 0.5) is 0 Å². The van der Waals surface area contributed by atoms with Gasteiger partial charge in [0.2, 0.25) is 0 Å². The van der Waals surface area contributed by atoms with Crippen LogP contribution in [0.5, 0.6) is 5.75 Å². The Labute approximate surface area is 126 Å². The average molecular weight is 367 g/mol. The van der Waals surface area contributed by atoms with E-state index in [2.05, 4.69) is 20.1 Å². The number of methoxy groups -OCH3 is 1. The van der Waals surface area contributed by atoms with E-state index in [0.29, 0.717) is 13.2 Å². The third kappa shape index (κ3) is 4.42. The van der Waals surface area contributed by atoms with E-state index in [1.54, 1.807) is 7.11 Å². The van der Waals surface area contributed by atoms with Gasteiger partial charge in [-0.2, -0.15) is 8.42 Å². The van der Waals surface area contributed by atoms with Gasteiger partial charge in [0.05, 0.1) is 31.8 Å². The summed E-state index contributed by atoms with van der Waals surface area (Å²) in [5.41, 5.74) is 1.00.